The number of likely N-dealkylation sites (N-methyl/N-ethyl adjacent to an activating group) is 1. The van der Waals surface area contributed by atoms with E-state index in [1.807, 2.05) is 78.8 Å². The van der Waals surface area contributed by atoms with E-state index in [0.29, 0.717) is 12.8 Å². The predicted octanol–water partition coefficient (Wildman–Crippen LogP) is 3.99. The van der Waals surface area contributed by atoms with Crippen molar-refractivity contribution in [2.45, 2.75) is 154 Å². The van der Waals surface area contributed by atoms with Crippen LogP contribution in [0.15, 0.2) is 58.7 Å². The molecule has 4 N–H and O–H groups in total. The first-order valence-corrected chi connectivity index (χ1v) is 19.6. The molecule has 3 aliphatic rings. The van der Waals surface area contributed by atoms with E-state index in [0.717, 1.165) is 16.7 Å². The van der Waals surface area contributed by atoms with Gasteiger partial charge in [0.05, 0.1) is 42.6 Å². The zero-order chi connectivity index (χ0) is 41.1. The summed E-state index contributed by atoms with van der Waals surface area (Å²) in [5, 5.41) is 44.0. The third kappa shape index (κ3) is 12.4. The van der Waals surface area contributed by atoms with Crippen LogP contribution in [0.3, 0.4) is 0 Å². The first-order valence-electron chi connectivity index (χ1n) is 19.6. The molecule has 0 saturated carbocycles. The number of ether oxygens (including phenoxy) is 7. The molecule has 3 aliphatic heterocycles. The highest BCUT2D eigenvalue weighted by Crippen LogP contribution is 2.35. The Morgan fingerprint density at radius 2 is 1.53 bits per heavy atom. The van der Waals surface area contributed by atoms with Gasteiger partial charge in [-0.15, -0.1) is 0 Å². The van der Waals surface area contributed by atoms with E-state index < -0.39 is 92.2 Å². The van der Waals surface area contributed by atoms with Crippen LogP contribution in [0.25, 0.3) is 0 Å². The molecule has 13 nitrogen and oxygen atoms in total. The normalized spacial score (nSPS) is 42.1. The van der Waals surface area contributed by atoms with Crippen molar-refractivity contribution in [2.24, 2.45) is 11.8 Å². The first-order chi connectivity index (χ1) is 26.0. The van der Waals surface area contributed by atoms with Gasteiger partial charge in [-0.3, -0.25) is 0 Å². The van der Waals surface area contributed by atoms with Crippen LogP contribution >= 0.6 is 0 Å². The van der Waals surface area contributed by atoms with Gasteiger partial charge < -0.3 is 58.5 Å². The Morgan fingerprint density at radius 1 is 0.891 bits per heavy atom. The number of carbonyl (C=O) groups is 1. The van der Waals surface area contributed by atoms with Crippen LogP contribution in [0, 0.1) is 11.8 Å². The fourth-order valence-electron chi connectivity index (χ4n) is 7.54. The van der Waals surface area contributed by atoms with Crippen LogP contribution in [0.4, 0.5) is 0 Å². The van der Waals surface area contributed by atoms with E-state index in [9.17, 15) is 25.2 Å². The number of aliphatic hydroxyl groups excluding tert-OH is 4. The average molecular weight is 780 g/mol. The molecule has 14 atom stereocenters. The summed E-state index contributed by atoms with van der Waals surface area (Å²) in [6.45, 7) is 15.0. The molecule has 0 aromatic rings. The van der Waals surface area contributed by atoms with Gasteiger partial charge in [-0.25, -0.2) is 4.79 Å². The molecule has 3 rings (SSSR count). The number of rotatable bonds is 10. The lowest BCUT2D eigenvalue weighted by atomic mass is 9.89. The molecule has 0 unspecified atom stereocenters. The van der Waals surface area contributed by atoms with Crippen molar-refractivity contribution in [3.63, 3.8) is 0 Å². The van der Waals surface area contributed by atoms with Crippen molar-refractivity contribution in [3.05, 3.63) is 58.7 Å². The topological polar surface area (TPSA) is 166 Å². The lowest BCUT2D eigenvalue weighted by Crippen LogP contribution is -2.66. The van der Waals surface area contributed by atoms with Crippen molar-refractivity contribution < 1.29 is 58.4 Å². The number of aliphatic hydroxyl groups is 4. The Kier molecular flexibility index (Phi) is 18.9. The Bertz CT molecular complexity index is 1370. The maximum absolute atomic E-state index is 13.0. The Balaban J connectivity index is 2.00. The Morgan fingerprint density at radius 3 is 2.11 bits per heavy atom. The molecule has 0 aromatic carbocycles. The second-order valence-corrected chi connectivity index (χ2v) is 15.7. The van der Waals surface area contributed by atoms with E-state index in [4.69, 9.17) is 33.2 Å². The summed E-state index contributed by atoms with van der Waals surface area (Å²) < 4.78 is 42.8. The number of hydrogen-bond donors (Lipinski definition) is 4. The number of methoxy groups -OCH3 is 2. The summed E-state index contributed by atoms with van der Waals surface area (Å²) in [4.78, 5) is 14.8. The number of carbonyl (C=O) groups excluding carboxylic acids is 1. The Labute approximate surface area is 328 Å². The lowest BCUT2D eigenvalue weighted by Gasteiger charge is -2.50. The highest BCUT2D eigenvalue weighted by atomic mass is 16.7. The zero-order valence-corrected chi connectivity index (χ0v) is 35.0. The van der Waals surface area contributed by atoms with Crippen molar-refractivity contribution in [3.8, 4) is 0 Å². The van der Waals surface area contributed by atoms with Gasteiger partial charge in [-0.05, 0) is 84.7 Å². The van der Waals surface area contributed by atoms with Gasteiger partial charge in [0.15, 0.2) is 12.6 Å². The molecule has 13 heteroatoms. The molecule has 0 bridgehead atoms. The summed E-state index contributed by atoms with van der Waals surface area (Å²) in [7, 11) is 6.68. The molecule has 0 aliphatic carbocycles. The van der Waals surface area contributed by atoms with Crippen LogP contribution < -0.4 is 0 Å². The van der Waals surface area contributed by atoms with E-state index in [-0.39, 0.29) is 23.8 Å². The van der Waals surface area contributed by atoms with Gasteiger partial charge in [-0.1, -0.05) is 56.7 Å². The SMILES string of the molecule is CC[C@H]1/C=C(\C)[C@@H](O)C/C=C/C=C(\CO)C(=O)O[C@H](C(C)C)C/C=C(C)/C=C(\C)[C@@H]1O[C@@H]1O[C@H](C)[C@@H](O[C@@H]2O[C@H](C)[C@@H](OC)[C@H](O)[C@H]2OC)[C@H](N(C)C)[C@H]1O. The predicted molar refractivity (Wildman–Crippen MR) is 209 cm³/mol. The number of cyclic esters (lactones) is 1. The lowest BCUT2D eigenvalue weighted by molar-refractivity contribution is -0.351. The minimum atomic E-state index is -1.16. The summed E-state index contributed by atoms with van der Waals surface area (Å²) in [5.74, 6) is -0.770. The minimum absolute atomic E-state index is 0.0214. The van der Waals surface area contributed by atoms with Crippen LogP contribution in [0.1, 0.15) is 74.7 Å². The third-order valence-corrected chi connectivity index (χ3v) is 10.9. The number of esters is 1. The molecule has 0 aromatic heterocycles. The smallest absolute Gasteiger partial charge is 0.336 e. The second-order valence-electron chi connectivity index (χ2n) is 15.7. The molecule has 0 radical (unpaired) electrons. The van der Waals surface area contributed by atoms with Gasteiger partial charge >= 0.3 is 5.97 Å². The molecule has 2 saturated heterocycles. The zero-order valence-electron chi connectivity index (χ0n) is 35.0. The molecule has 55 heavy (non-hydrogen) atoms. The van der Waals surface area contributed by atoms with Crippen LogP contribution in [-0.2, 0) is 38.0 Å². The van der Waals surface area contributed by atoms with Crippen molar-refractivity contribution in [2.75, 3.05) is 34.9 Å². The van der Waals surface area contributed by atoms with Gasteiger partial charge in [0, 0.05) is 26.6 Å². The van der Waals surface area contributed by atoms with Gasteiger partial charge in [0.2, 0.25) is 0 Å². The van der Waals surface area contributed by atoms with E-state index >= 15 is 0 Å². The molecular formula is C42H69NO12. The first kappa shape index (κ1) is 47.1. The summed E-state index contributed by atoms with van der Waals surface area (Å²) >= 11 is 0. The maximum Gasteiger partial charge on any atom is 0.336 e. The van der Waals surface area contributed by atoms with Gasteiger partial charge in [0.1, 0.15) is 36.6 Å². The number of nitrogens with zero attached hydrogens (tertiary/aromatic N) is 1. The van der Waals surface area contributed by atoms with Crippen LogP contribution in [0.2, 0.25) is 0 Å². The quantitative estimate of drug-likeness (QED) is 0.186. The van der Waals surface area contributed by atoms with Crippen molar-refractivity contribution in [1.82, 2.24) is 4.90 Å². The van der Waals surface area contributed by atoms with E-state index in [1.54, 1.807) is 19.1 Å². The number of allylic oxidation sites excluding steroid dienone is 4. The van der Waals surface area contributed by atoms with Crippen molar-refractivity contribution in [1.29, 1.82) is 0 Å². The molecule has 3 heterocycles. The highest BCUT2D eigenvalue weighted by Gasteiger charge is 2.51. The molecule has 0 spiro atoms. The maximum atomic E-state index is 13.0. The summed E-state index contributed by atoms with van der Waals surface area (Å²) in [6, 6.07) is -0.602. The molecule has 0 amide bonds. The van der Waals surface area contributed by atoms with E-state index in [2.05, 4.69) is 6.92 Å². The van der Waals surface area contributed by atoms with E-state index in [1.165, 1.54) is 20.3 Å². The third-order valence-electron chi connectivity index (χ3n) is 10.9. The van der Waals surface area contributed by atoms with Crippen molar-refractivity contribution >= 4 is 5.97 Å². The fourth-order valence-corrected chi connectivity index (χ4v) is 7.54. The molecular weight excluding hydrogens is 710 g/mol. The standard InChI is InChI=1S/C42H69NO12/c1-13-29-21-25(5)31(45)17-15-14-16-30(22-44)40(48)53-32(23(2)3)19-18-24(4)20-26(6)36(29)54-41-34(46)33(43(9)10)37(27(7)51-41)55-42-39(50-12)35(47)38(49-11)28(8)52-42/h14-16,18,20-21,23,27-29,31-39,41-42,44-47H,13,17,19,22H2,1-12H3/b15-14+,24-18+,25-21+,26-20+,30-16+/t27-,28-,29+,31+,32+,33-,34-,35+,36+,37-,38-,39-,41+,42+/m1/s1. The average Bonchev–Trinajstić information content (AvgIpc) is 3.12. The highest BCUT2D eigenvalue weighted by molar-refractivity contribution is 5.89. The van der Waals surface area contributed by atoms with Gasteiger partial charge in [-0.2, -0.15) is 0 Å². The summed E-state index contributed by atoms with van der Waals surface area (Å²) in [6.07, 6.45) is 3.17. The minimum Gasteiger partial charge on any atom is -0.458 e. The molecule has 314 valence electrons. The fraction of sp³-hybridized carbons (Fsp3) is 0.738. The van der Waals surface area contributed by atoms with Crippen LogP contribution in [-0.4, -0.2) is 146 Å². The van der Waals surface area contributed by atoms with Gasteiger partial charge in [0.25, 0.3) is 0 Å². The Hall–Kier alpha value is -2.27. The monoisotopic (exact) mass is 779 g/mol. The number of hydrogen-bond acceptors (Lipinski definition) is 13. The van der Waals surface area contributed by atoms with Crippen LogP contribution in [0.5, 0.6) is 0 Å². The summed E-state index contributed by atoms with van der Waals surface area (Å²) in [5.41, 5.74) is 2.68. The molecule has 2 fully saturated rings. The second kappa shape index (κ2) is 22.0. The largest absolute Gasteiger partial charge is 0.458 e.